The molecule has 2 fully saturated rings. The topological polar surface area (TPSA) is 15.3 Å². The van der Waals surface area contributed by atoms with Crippen LogP contribution in [0.1, 0.15) is 19.3 Å². The lowest BCUT2D eigenvalue weighted by molar-refractivity contribution is -0.169. The van der Waals surface area contributed by atoms with Gasteiger partial charge in [0.25, 0.3) is 0 Å². The van der Waals surface area contributed by atoms with E-state index in [-0.39, 0.29) is 6.54 Å². The molecule has 0 aromatic carbocycles. The molecule has 14 heavy (non-hydrogen) atoms. The van der Waals surface area contributed by atoms with Crippen LogP contribution in [0.4, 0.5) is 13.2 Å². The molecule has 0 aromatic rings. The summed E-state index contributed by atoms with van der Waals surface area (Å²) in [6.07, 6.45) is -0.861. The Bertz CT molecular complexity index is 205. The maximum Gasteiger partial charge on any atom is 0.405 e. The number of piperazine rings is 1. The van der Waals surface area contributed by atoms with E-state index in [2.05, 4.69) is 5.32 Å². The Morgan fingerprint density at radius 2 is 2.00 bits per heavy atom. The van der Waals surface area contributed by atoms with E-state index in [9.17, 15) is 13.2 Å². The van der Waals surface area contributed by atoms with Crippen molar-refractivity contribution in [2.75, 3.05) is 19.6 Å². The predicted octanol–water partition coefficient (Wildman–Crippen LogP) is 1.37. The summed E-state index contributed by atoms with van der Waals surface area (Å²) >= 11 is 0. The predicted molar refractivity (Wildman–Crippen MR) is 47.1 cm³/mol. The molecule has 0 radical (unpaired) electrons. The van der Waals surface area contributed by atoms with Gasteiger partial charge in [-0.15, -0.1) is 0 Å². The minimum Gasteiger partial charge on any atom is -0.304 e. The second-order valence-electron chi connectivity index (χ2n) is 4.15. The molecule has 0 spiro atoms. The lowest BCUT2D eigenvalue weighted by Gasteiger charge is -2.43. The first-order valence-electron chi connectivity index (χ1n) is 5.11. The van der Waals surface area contributed by atoms with E-state index in [4.69, 9.17) is 0 Å². The van der Waals surface area contributed by atoms with Crippen molar-refractivity contribution in [3.05, 3.63) is 0 Å². The Hall–Kier alpha value is -0.290. The molecule has 2 heterocycles. The molecule has 2 aliphatic heterocycles. The summed E-state index contributed by atoms with van der Waals surface area (Å²) in [5, 5.41) is 2.59. The quantitative estimate of drug-likeness (QED) is 0.647. The van der Waals surface area contributed by atoms with Gasteiger partial charge in [-0.2, -0.15) is 13.2 Å². The van der Waals surface area contributed by atoms with Crippen molar-refractivity contribution in [3.8, 4) is 0 Å². The minimum absolute atomic E-state index is 0.133. The smallest absolute Gasteiger partial charge is 0.304 e. The lowest BCUT2D eigenvalue weighted by atomic mass is 9.98. The van der Waals surface area contributed by atoms with Crippen molar-refractivity contribution in [1.82, 2.24) is 10.2 Å². The number of piperidine rings is 1. The Labute approximate surface area is 81.5 Å². The van der Waals surface area contributed by atoms with Crippen molar-refractivity contribution >= 4 is 0 Å². The van der Waals surface area contributed by atoms with Crippen molar-refractivity contribution in [2.24, 2.45) is 0 Å². The number of alkyl halides is 3. The van der Waals surface area contributed by atoms with Crippen LogP contribution in [0.15, 0.2) is 0 Å². The molecular weight excluding hydrogens is 193 g/mol. The molecule has 2 saturated heterocycles. The van der Waals surface area contributed by atoms with Crippen LogP contribution in [0.25, 0.3) is 0 Å². The zero-order chi connectivity index (χ0) is 10.2. The summed E-state index contributed by atoms with van der Waals surface area (Å²) < 4.78 is 37.2. The van der Waals surface area contributed by atoms with Crippen LogP contribution < -0.4 is 5.32 Å². The van der Waals surface area contributed by atoms with Crippen LogP contribution >= 0.6 is 0 Å². The van der Waals surface area contributed by atoms with E-state index in [1.165, 1.54) is 0 Å². The molecule has 82 valence electrons. The van der Waals surface area contributed by atoms with Crippen LogP contribution in [-0.2, 0) is 0 Å². The second kappa shape index (κ2) is 3.70. The molecular formula is C9H15F3N2. The fraction of sp³-hybridized carbons (Fsp3) is 1.00. The van der Waals surface area contributed by atoms with Crippen LogP contribution in [0, 0.1) is 0 Å². The molecule has 2 atom stereocenters. The summed E-state index contributed by atoms with van der Waals surface area (Å²) in [6, 6.07) is -0.987. The number of rotatable bonds is 0. The summed E-state index contributed by atoms with van der Waals surface area (Å²) in [6.45, 7) is 1.46. The van der Waals surface area contributed by atoms with Gasteiger partial charge in [0.2, 0.25) is 0 Å². The fourth-order valence-electron chi connectivity index (χ4n) is 2.33. The van der Waals surface area contributed by atoms with E-state index >= 15 is 0 Å². The number of nitrogens with one attached hydrogen (secondary N) is 1. The molecule has 0 amide bonds. The third-order valence-electron chi connectivity index (χ3n) is 3.16. The second-order valence-corrected chi connectivity index (χ2v) is 4.15. The largest absolute Gasteiger partial charge is 0.405 e. The Balaban J connectivity index is 1.96. The first-order valence-corrected chi connectivity index (χ1v) is 5.11. The number of halogens is 3. The molecule has 5 heteroatoms. The SMILES string of the molecule is FC(F)(F)C1CN2CCCCC2CN1. The van der Waals surface area contributed by atoms with Gasteiger partial charge in [-0.25, -0.2) is 0 Å². The summed E-state index contributed by atoms with van der Waals surface area (Å²) in [4.78, 5) is 1.98. The van der Waals surface area contributed by atoms with Crippen molar-refractivity contribution in [1.29, 1.82) is 0 Å². The Kier molecular flexibility index (Phi) is 2.70. The van der Waals surface area contributed by atoms with Gasteiger partial charge in [0.15, 0.2) is 0 Å². The van der Waals surface area contributed by atoms with Gasteiger partial charge in [0.05, 0.1) is 0 Å². The van der Waals surface area contributed by atoms with E-state index in [0.29, 0.717) is 12.6 Å². The average Bonchev–Trinajstić information content (AvgIpc) is 2.16. The number of hydrogen-bond acceptors (Lipinski definition) is 2. The highest BCUT2D eigenvalue weighted by atomic mass is 19.4. The van der Waals surface area contributed by atoms with E-state index in [1.807, 2.05) is 4.90 Å². The van der Waals surface area contributed by atoms with Crippen LogP contribution in [0.5, 0.6) is 0 Å². The number of nitrogens with zero attached hydrogens (tertiary/aromatic N) is 1. The maximum atomic E-state index is 12.4. The highest BCUT2D eigenvalue weighted by Crippen LogP contribution is 2.27. The van der Waals surface area contributed by atoms with Gasteiger partial charge < -0.3 is 5.32 Å². The van der Waals surface area contributed by atoms with E-state index in [1.54, 1.807) is 0 Å². The standard InChI is InChI=1S/C9H15F3N2/c10-9(11,12)8-6-14-4-2-1-3-7(14)5-13-8/h7-8,13H,1-6H2. The molecule has 0 aromatic heterocycles. The van der Waals surface area contributed by atoms with Gasteiger partial charge in [-0.05, 0) is 19.4 Å². The van der Waals surface area contributed by atoms with E-state index in [0.717, 1.165) is 25.8 Å². The maximum absolute atomic E-state index is 12.4. The van der Waals surface area contributed by atoms with Crippen molar-refractivity contribution in [2.45, 2.75) is 37.5 Å². The van der Waals surface area contributed by atoms with Crippen molar-refractivity contribution in [3.63, 3.8) is 0 Å². The number of fused-ring (bicyclic) bond motifs is 1. The molecule has 2 rings (SSSR count). The minimum atomic E-state index is -4.09. The molecule has 1 N–H and O–H groups in total. The van der Waals surface area contributed by atoms with Crippen LogP contribution in [0.3, 0.4) is 0 Å². The third-order valence-corrected chi connectivity index (χ3v) is 3.16. The van der Waals surface area contributed by atoms with Crippen LogP contribution in [0.2, 0.25) is 0 Å². The summed E-state index contributed by atoms with van der Waals surface area (Å²) in [7, 11) is 0. The lowest BCUT2D eigenvalue weighted by Crippen LogP contribution is -2.62. The highest BCUT2D eigenvalue weighted by Gasteiger charge is 2.44. The summed E-state index contributed by atoms with van der Waals surface area (Å²) in [5.74, 6) is 0. The fourth-order valence-corrected chi connectivity index (χ4v) is 2.33. The molecule has 0 bridgehead atoms. The van der Waals surface area contributed by atoms with Gasteiger partial charge in [0.1, 0.15) is 6.04 Å². The van der Waals surface area contributed by atoms with Gasteiger partial charge >= 0.3 is 6.18 Å². The molecule has 2 aliphatic rings. The van der Waals surface area contributed by atoms with Gasteiger partial charge in [-0.3, -0.25) is 4.90 Å². The molecule has 0 aliphatic carbocycles. The normalized spacial score (nSPS) is 35.4. The first kappa shape index (κ1) is 10.2. The third kappa shape index (κ3) is 2.03. The average molecular weight is 208 g/mol. The van der Waals surface area contributed by atoms with E-state index < -0.39 is 12.2 Å². The monoisotopic (exact) mass is 208 g/mol. The highest BCUT2D eigenvalue weighted by molar-refractivity contribution is 4.91. The van der Waals surface area contributed by atoms with Gasteiger partial charge in [-0.1, -0.05) is 6.42 Å². The molecule has 2 nitrogen and oxygen atoms in total. The first-order chi connectivity index (χ1) is 6.57. The Morgan fingerprint density at radius 3 is 2.71 bits per heavy atom. The molecule has 0 saturated carbocycles. The van der Waals surface area contributed by atoms with Gasteiger partial charge in [0, 0.05) is 19.1 Å². The van der Waals surface area contributed by atoms with Crippen molar-refractivity contribution < 1.29 is 13.2 Å². The zero-order valence-corrected chi connectivity index (χ0v) is 7.98. The summed E-state index contributed by atoms with van der Waals surface area (Å²) in [5.41, 5.74) is 0. The molecule has 2 unspecified atom stereocenters. The zero-order valence-electron chi connectivity index (χ0n) is 7.98. The van der Waals surface area contributed by atoms with Crippen LogP contribution in [-0.4, -0.2) is 42.8 Å². The Morgan fingerprint density at radius 1 is 1.21 bits per heavy atom. The number of hydrogen-bond donors (Lipinski definition) is 1.